The quantitative estimate of drug-likeness (QED) is 0.573. The molecule has 0 saturated heterocycles. The van der Waals surface area contributed by atoms with Gasteiger partial charge >= 0.3 is 0 Å². The lowest BCUT2D eigenvalue weighted by Gasteiger charge is -2.17. The minimum Gasteiger partial charge on any atom is -0.146 e. The highest BCUT2D eigenvalue weighted by Gasteiger charge is 2.23. The van der Waals surface area contributed by atoms with Crippen LogP contribution in [0.4, 0.5) is 0 Å². The highest BCUT2D eigenvalue weighted by Crippen LogP contribution is 2.35. The molecular formula is C10H18S. The summed E-state index contributed by atoms with van der Waals surface area (Å²) in [6, 6.07) is 0. The smallest absolute Gasteiger partial charge is 0.0256 e. The monoisotopic (exact) mass is 170 g/mol. The van der Waals surface area contributed by atoms with Crippen molar-refractivity contribution in [1.29, 1.82) is 0 Å². The maximum atomic E-state index is 2.38. The molecule has 1 aliphatic heterocycles. The second-order valence-electron chi connectivity index (χ2n) is 3.94. The maximum Gasteiger partial charge on any atom is 0.0256 e. The van der Waals surface area contributed by atoms with Gasteiger partial charge in [0.25, 0.3) is 0 Å². The van der Waals surface area contributed by atoms with Crippen molar-refractivity contribution in [2.45, 2.75) is 38.2 Å². The van der Waals surface area contributed by atoms with E-state index in [1.165, 1.54) is 0 Å². The van der Waals surface area contributed by atoms with Crippen LogP contribution in [0.3, 0.4) is 0 Å². The van der Waals surface area contributed by atoms with E-state index >= 15 is 0 Å². The average molecular weight is 170 g/mol. The van der Waals surface area contributed by atoms with Gasteiger partial charge in [-0.25, -0.2) is 0 Å². The summed E-state index contributed by atoms with van der Waals surface area (Å²) in [5, 5.41) is 1.53. The van der Waals surface area contributed by atoms with Crippen molar-refractivity contribution >= 4 is 11.8 Å². The molecule has 1 rings (SSSR count). The third-order valence-electron chi connectivity index (χ3n) is 2.12. The summed E-state index contributed by atoms with van der Waals surface area (Å²) in [5.74, 6) is 1.58. The molecule has 2 atom stereocenters. The first-order valence-corrected chi connectivity index (χ1v) is 5.39. The van der Waals surface area contributed by atoms with Gasteiger partial charge in [-0.3, -0.25) is 0 Å². The average Bonchev–Trinajstić information content (AvgIpc) is 2.33. The second kappa shape index (κ2) is 3.66. The Morgan fingerprint density at radius 3 is 1.45 bits per heavy atom. The minimum absolute atomic E-state index is 0.766. The molecule has 1 heterocycles. The lowest BCUT2D eigenvalue weighted by Crippen LogP contribution is -2.10. The van der Waals surface area contributed by atoms with Gasteiger partial charge in [-0.15, -0.1) is 11.8 Å². The number of rotatable bonds is 2. The Labute approximate surface area is 74.5 Å². The lowest BCUT2D eigenvalue weighted by molar-refractivity contribution is 0.672. The first kappa shape index (κ1) is 9.18. The zero-order valence-electron chi connectivity index (χ0n) is 7.87. The summed E-state index contributed by atoms with van der Waals surface area (Å²) in [6.45, 7) is 9.19. The van der Waals surface area contributed by atoms with Crippen molar-refractivity contribution in [1.82, 2.24) is 0 Å². The van der Waals surface area contributed by atoms with E-state index in [4.69, 9.17) is 0 Å². The molecule has 0 spiro atoms. The molecule has 2 unspecified atom stereocenters. The largest absolute Gasteiger partial charge is 0.146 e. The third kappa shape index (κ3) is 2.26. The van der Waals surface area contributed by atoms with Gasteiger partial charge in [-0.2, -0.15) is 0 Å². The normalized spacial score (nSPS) is 30.7. The Balaban J connectivity index is 2.43. The lowest BCUT2D eigenvalue weighted by atomic mass is 10.1. The summed E-state index contributed by atoms with van der Waals surface area (Å²) < 4.78 is 0. The van der Waals surface area contributed by atoms with E-state index in [1.807, 2.05) is 0 Å². The SMILES string of the molecule is CC(C)C1C=CC(C(C)C)S1. The van der Waals surface area contributed by atoms with Crippen molar-refractivity contribution in [2.24, 2.45) is 11.8 Å². The summed E-state index contributed by atoms with van der Waals surface area (Å²) in [7, 11) is 0. The van der Waals surface area contributed by atoms with Crippen LogP contribution in [0.25, 0.3) is 0 Å². The third-order valence-corrected chi connectivity index (χ3v) is 4.15. The predicted octanol–water partition coefficient (Wildman–Crippen LogP) is 3.34. The molecule has 0 bridgehead atoms. The predicted molar refractivity (Wildman–Crippen MR) is 54.0 cm³/mol. The number of hydrogen-bond donors (Lipinski definition) is 0. The summed E-state index contributed by atoms with van der Waals surface area (Å²) in [4.78, 5) is 0. The fourth-order valence-electron chi connectivity index (χ4n) is 1.25. The van der Waals surface area contributed by atoms with Crippen LogP contribution >= 0.6 is 11.8 Å². The second-order valence-corrected chi connectivity index (χ2v) is 5.30. The van der Waals surface area contributed by atoms with Crippen LogP contribution in [-0.4, -0.2) is 10.5 Å². The highest BCUT2D eigenvalue weighted by atomic mass is 32.2. The van der Waals surface area contributed by atoms with E-state index in [0.29, 0.717) is 0 Å². The zero-order valence-corrected chi connectivity index (χ0v) is 8.69. The molecule has 0 aromatic heterocycles. The Hall–Kier alpha value is 0.0900. The van der Waals surface area contributed by atoms with Crippen LogP contribution < -0.4 is 0 Å². The fourth-order valence-corrected chi connectivity index (χ4v) is 2.60. The van der Waals surface area contributed by atoms with E-state index in [-0.39, 0.29) is 0 Å². The molecule has 0 aromatic carbocycles. The van der Waals surface area contributed by atoms with Crippen LogP contribution in [-0.2, 0) is 0 Å². The highest BCUT2D eigenvalue weighted by molar-refractivity contribution is 8.01. The Morgan fingerprint density at radius 1 is 0.909 bits per heavy atom. The fraction of sp³-hybridized carbons (Fsp3) is 0.800. The molecule has 0 fully saturated rings. The molecule has 0 saturated carbocycles. The zero-order chi connectivity index (χ0) is 8.43. The van der Waals surface area contributed by atoms with Crippen LogP contribution in [0.5, 0.6) is 0 Å². The Morgan fingerprint density at radius 2 is 1.27 bits per heavy atom. The number of hydrogen-bond acceptors (Lipinski definition) is 1. The molecule has 1 aliphatic rings. The first-order valence-electron chi connectivity index (χ1n) is 4.45. The van der Waals surface area contributed by atoms with Gasteiger partial charge in [-0.05, 0) is 11.8 Å². The van der Waals surface area contributed by atoms with Crippen molar-refractivity contribution in [3.05, 3.63) is 12.2 Å². The van der Waals surface area contributed by atoms with Crippen LogP contribution in [0.15, 0.2) is 12.2 Å². The topological polar surface area (TPSA) is 0 Å². The molecule has 0 amide bonds. The van der Waals surface area contributed by atoms with Crippen molar-refractivity contribution in [2.75, 3.05) is 0 Å². The van der Waals surface area contributed by atoms with Gasteiger partial charge in [-0.1, -0.05) is 39.8 Å². The molecule has 11 heavy (non-hydrogen) atoms. The Kier molecular flexibility index (Phi) is 3.06. The molecule has 0 aromatic rings. The van der Waals surface area contributed by atoms with E-state index in [9.17, 15) is 0 Å². The van der Waals surface area contributed by atoms with Crippen LogP contribution in [0, 0.1) is 11.8 Å². The standard InChI is InChI=1S/C10H18S/c1-7(2)9-5-6-10(11-9)8(3)4/h5-10H,1-4H3. The van der Waals surface area contributed by atoms with Crippen molar-refractivity contribution in [3.8, 4) is 0 Å². The summed E-state index contributed by atoms with van der Waals surface area (Å²) in [6.07, 6.45) is 4.75. The van der Waals surface area contributed by atoms with E-state index < -0.39 is 0 Å². The summed E-state index contributed by atoms with van der Waals surface area (Å²) >= 11 is 2.12. The van der Waals surface area contributed by atoms with E-state index in [1.54, 1.807) is 0 Å². The van der Waals surface area contributed by atoms with E-state index in [0.717, 1.165) is 22.3 Å². The van der Waals surface area contributed by atoms with E-state index in [2.05, 4.69) is 51.6 Å². The molecule has 0 N–H and O–H groups in total. The minimum atomic E-state index is 0.766. The van der Waals surface area contributed by atoms with Crippen LogP contribution in [0.2, 0.25) is 0 Å². The van der Waals surface area contributed by atoms with Gasteiger partial charge in [0.15, 0.2) is 0 Å². The Bertz CT molecular complexity index is 131. The van der Waals surface area contributed by atoms with Gasteiger partial charge in [0.05, 0.1) is 0 Å². The molecule has 0 radical (unpaired) electrons. The molecule has 1 heteroatoms. The van der Waals surface area contributed by atoms with Gasteiger partial charge < -0.3 is 0 Å². The van der Waals surface area contributed by atoms with Gasteiger partial charge in [0.2, 0.25) is 0 Å². The number of thioether (sulfide) groups is 1. The van der Waals surface area contributed by atoms with Crippen LogP contribution in [0.1, 0.15) is 27.7 Å². The molecular weight excluding hydrogens is 152 g/mol. The van der Waals surface area contributed by atoms with Gasteiger partial charge in [0.1, 0.15) is 0 Å². The summed E-state index contributed by atoms with van der Waals surface area (Å²) in [5.41, 5.74) is 0. The first-order chi connectivity index (χ1) is 5.11. The van der Waals surface area contributed by atoms with Gasteiger partial charge in [0, 0.05) is 10.5 Å². The molecule has 0 aliphatic carbocycles. The maximum absolute atomic E-state index is 2.38. The molecule has 0 nitrogen and oxygen atoms in total. The van der Waals surface area contributed by atoms with Crippen molar-refractivity contribution < 1.29 is 0 Å². The van der Waals surface area contributed by atoms with Crippen molar-refractivity contribution in [3.63, 3.8) is 0 Å². The molecule has 64 valence electrons.